The zero-order chi connectivity index (χ0) is 13.4. The van der Waals surface area contributed by atoms with E-state index in [-0.39, 0.29) is 0 Å². The van der Waals surface area contributed by atoms with Gasteiger partial charge in [-0.1, -0.05) is 30.3 Å². The van der Waals surface area contributed by atoms with Crippen molar-refractivity contribution in [3.63, 3.8) is 0 Å². The lowest BCUT2D eigenvalue weighted by Gasteiger charge is -2.28. The number of hydrogen-bond donors (Lipinski definition) is 0. The van der Waals surface area contributed by atoms with Crippen LogP contribution in [0.4, 0.5) is 0 Å². The molecule has 0 saturated heterocycles. The summed E-state index contributed by atoms with van der Waals surface area (Å²) in [5.74, 6) is 0.609. The van der Waals surface area contributed by atoms with E-state index in [0.29, 0.717) is 5.88 Å². The fraction of sp³-hybridized carbons (Fsp3) is 0.533. The molecule has 0 amide bonds. The largest absolute Gasteiger partial charge is 0.309 e. The van der Waals surface area contributed by atoms with Gasteiger partial charge in [0, 0.05) is 5.88 Å². The number of nitriles is 1. The highest BCUT2D eigenvalue weighted by Gasteiger charge is 2.31. The SMILES string of the molecule is CN(C)CCC(C#N)(CCCCl)c1ccccc1. The van der Waals surface area contributed by atoms with Crippen LogP contribution in [0.1, 0.15) is 24.8 Å². The summed E-state index contributed by atoms with van der Waals surface area (Å²) in [6.07, 6.45) is 2.54. The van der Waals surface area contributed by atoms with E-state index < -0.39 is 5.41 Å². The third-order valence-corrected chi connectivity index (χ3v) is 3.53. The van der Waals surface area contributed by atoms with Crippen molar-refractivity contribution in [2.24, 2.45) is 0 Å². The van der Waals surface area contributed by atoms with Gasteiger partial charge in [-0.3, -0.25) is 0 Å². The Morgan fingerprint density at radius 3 is 2.39 bits per heavy atom. The van der Waals surface area contributed by atoms with E-state index in [1.807, 2.05) is 44.4 Å². The molecule has 1 unspecified atom stereocenters. The van der Waals surface area contributed by atoms with Crippen LogP contribution in [0.5, 0.6) is 0 Å². The molecule has 0 saturated carbocycles. The number of nitrogens with zero attached hydrogens (tertiary/aromatic N) is 2. The normalized spacial score (nSPS) is 14.2. The Labute approximate surface area is 115 Å². The Morgan fingerprint density at radius 2 is 1.89 bits per heavy atom. The zero-order valence-electron chi connectivity index (χ0n) is 11.2. The van der Waals surface area contributed by atoms with Gasteiger partial charge in [0.15, 0.2) is 0 Å². The molecule has 1 rings (SSSR count). The minimum Gasteiger partial charge on any atom is -0.309 e. The first-order valence-electron chi connectivity index (χ1n) is 6.32. The van der Waals surface area contributed by atoms with Gasteiger partial charge in [-0.25, -0.2) is 0 Å². The summed E-state index contributed by atoms with van der Waals surface area (Å²) in [6.45, 7) is 0.907. The van der Waals surface area contributed by atoms with E-state index in [9.17, 15) is 5.26 Å². The van der Waals surface area contributed by atoms with Gasteiger partial charge >= 0.3 is 0 Å². The van der Waals surface area contributed by atoms with Crippen LogP contribution in [0.2, 0.25) is 0 Å². The quantitative estimate of drug-likeness (QED) is 0.706. The summed E-state index contributed by atoms with van der Waals surface area (Å²) in [6, 6.07) is 12.6. The van der Waals surface area contributed by atoms with Crippen LogP contribution < -0.4 is 0 Å². The first-order valence-corrected chi connectivity index (χ1v) is 6.85. The van der Waals surface area contributed by atoms with Crippen molar-refractivity contribution in [2.45, 2.75) is 24.7 Å². The Morgan fingerprint density at radius 1 is 1.22 bits per heavy atom. The molecule has 0 fully saturated rings. The second kappa shape index (κ2) is 7.41. The van der Waals surface area contributed by atoms with Gasteiger partial charge in [0.05, 0.1) is 11.5 Å². The van der Waals surface area contributed by atoms with Gasteiger partial charge in [0.1, 0.15) is 0 Å². The average Bonchev–Trinajstić information content (AvgIpc) is 2.40. The molecule has 3 heteroatoms. The molecule has 0 N–H and O–H groups in total. The van der Waals surface area contributed by atoms with Crippen molar-refractivity contribution in [2.75, 3.05) is 26.5 Å². The van der Waals surface area contributed by atoms with Gasteiger partial charge in [0.25, 0.3) is 0 Å². The van der Waals surface area contributed by atoms with Crippen molar-refractivity contribution in [3.8, 4) is 6.07 Å². The Hall–Kier alpha value is -1.04. The molecule has 2 nitrogen and oxygen atoms in total. The number of hydrogen-bond acceptors (Lipinski definition) is 2. The summed E-state index contributed by atoms with van der Waals surface area (Å²) in [4.78, 5) is 2.12. The van der Waals surface area contributed by atoms with E-state index in [0.717, 1.165) is 31.4 Å². The molecule has 0 bridgehead atoms. The predicted molar refractivity (Wildman–Crippen MR) is 76.9 cm³/mol. The van der Waals surface area contributed by atoms with Crippen LogP contribution in [-0.4, -0.2) is 31.4 Å². The summed E-state index contributed by atoms with van der Waals surface area (Å²) in [5, 5.41) is 9.66. The fourth-order valence-corrected chi connectivity index (χ4v) is 2.26. The summed E-state index contributed by atoms with van der Waals surface area (Å²) >= 11 is 5.79. The molecule has 1 aromatic rings. The average molecular weight is 265 g/mol. The summed E-state index contributed by atoms with van der Waals surface area (Å²) < 4.78 is 0. The van der Waals surface area contributed by atoms with Crippen molar-refractivity contribution in [1.82, 2.24) is 4.90 Å². The Kier molecular flexibility index (Phi) is 6.18. The molecule has 18 heavy (non-hydrogen) atoms. The second-order valence-corrected chi connectivity index (χ2v) is 5.28. The van der Waals surface area contributed by atoms with Crippen LogP contribution in [0.3, 0.4) is 0 Å². The maximum absolute atomic E-state index is 9.66. The molecular weight excluding hydrogens is 244 g/mol. The van der Waals surface area contributed by atoms with Gasteiger partial charge in [-0.05, 0) is 45.5 Å². The van der Waals surface area contributed by atoms with Crippen molar-refractivity contribution >= 4 is 11.6 Å². The van der Waals surface area contributed by atoms with Gasteiger partial charge in [0.2, 0.25) is 0 Å². The molecule has 1 aromatic carbocycles. The van der Waals surface area contributed by atoms with Crippen molar-refractivity contribution < 1.29 is 0 Å². The second-order valence-electron chi connectivity index (χ2n) is 4.91. The minimum absolute atomic E-state index is 0.402. The lowest BCUT2D eigenvalue weighted by atomic mass is 9.75. The van der Waals surface area contributed by atoms with Crippen molar-refractivity contribution in [3.05, 3.63) is 35.9 Å². The molecule has 0 aliphatic heterocycles. The first kappa shape index (κ1) is 15.0. The van der Waals surface area contributed by atoms with E-state index in [2.05, 4.69) is 11.0 Å². The molecule has 0 heterocycles. The van der Waals surface area contributed by atoms with Crippen LogP contribution in [0, 0.1) is 11.3 Å². The number of rotatable bonds is 7. The van der Waals surface area contributed by atoms with Crippen LogP contribution >= 0.6 is 11.6 Å². The van der Waals surface area contributed by atoms with Gasteiger partial charge in [-0.15, -0.1) is 11.6 Å². The Bertz CT molecular complexity index is 383. The fourth-order valence-electron chi connectivity index (χ4n) is 2.13. The molecule has 0 aliphatic rings. The number of alkyl halides is 1. The monoisotopic (exact) mass is 264 g/mol. The predicted octanol–water partition coefficient (Wildman–Crippen LogP) is 3.42. The molecule has 0 aliphatic carbocycles. The topological polar surface area (TPSA) is 27.0 Å². The third kappa shape index (κ3) is 4.01. The number of benzene rings is 1. The molecular formula is C15H21ClN2. The van der Waals surface area contributed by atoms with Crippen LogP contribution in [-0.2, 0) is 5.41 Å². The Balaban J connectivity index is 2.95. The zero-order valence-corrected chi connectivity index (χ0v) is 12.0. The minimum atomic E-state index is -0.402. The summed E-state index contributed by atoms with van der Waals surface area (Å²) in [7, 11) is 4.07. The molecule has 1 atom stereocenters. The van der Waals surface area contributed by atoms with E-state index in [1.54, 1.807) is 0 Å². The van der Waals surface area contributed by atoms with Gasteiger partial charge < -0.3 is 4.90 Å². The third-order valence-electron chi connectivity index (χ3n) is 3.26. The standard InChI is InChI=1S/C15H21ClN2/c1-18(2)12-10-15(13-17,9-6-11-16)14-7-4-3-5-8-14/h3-5,7-8H,6,9-12H2,1-2H3. The van der Waals surface area contributed by atoms with Crippen molar-refractivity contribution in [1.29, 1.82) is 5.26 Å². The van der Waals surface area contributed by atoms with Gasteiger partial charge in [-0.2, -0.15) is 5.26 Å². The maximum atomic E-state index is 9.66. The van der Waals surface area contributed by atoms with E-state index in [4.69, 9.17) is 11.6 Å². The highest BCUT2D eigenvalue weighted by Crippen LogP contribution is 2.32. The lowest BCUT2D eigenvalue weighted by molar-refractivity contribution is 0.341. The highest BCUT2D eigenvalue weighted by atomic mass is 35.5. The maximum Gasteiger partial charge on any atom is 0.0835 e. The van der Waals surface area contributed by atoms with Crippen LogP contribution in [0.25, 0.3) is 0 Å². The molecule has 0 radical (unpaired) electrons. The summed E-state index contributed by atoms with van der Waals surface area (Å²) in [5.41, 5.74) is 0.708. The lowest BCUT2D eigenvalue weighted by Crippen LogP contribution is -2.29. The van der Waals surface area contributed by atoms with Crippen LogP contribution in [0.15, 0.2) is 30.3 Å². The van der Waals surface area contributed by atoms with E-state index >= 15 is 0 Å². The smallest absolute Gasteiger partial charge is 0.0835 e. The molecule has 98 valence electrons. The van der Waals surface area contributed by atoms with E-state index in [1.165, 1.54) is 0 Å². The highest BCUT2D eigenvalue weighted by molar-refractivity contribution is 6.17. The first-order chi connectivity index (χ1) is 8.64. The molecule has 0 spiro atoms. The molecule has 0 aromatic heterocycles. The number of halogens is 1.